The summed E-state index contributed by atoms with van der Waals surface area (Å²) >= 11 is 0. The molecule has 0 N–H and O–H groups in total. The largest absolute Gasteiger partial charge is 0.378 e. The molecule has 2 amide bonds. The highest BCUT2D eigenvalue weighted by molar-refractivity contribution is 5.89. The Hall–Kier alpha value is -1.10. The van der Waals surface area contributed by atoms with Crippen LogP contribution in [0.15, 0.2) is 0 Å². The topological polar surface area (TPSA) is 49.9 Å². The summed E-state index contributed by atoms with van der Waals surface area (Å²) in [6.45, 7) is 5.18. The van der Waals surface area contributed by atoms with Gasteiger partial charge in [0.25, 0.3) is 0 Å². The van der Waals surface area contributed by atoms with E-state index in [1.165, 1.54) is 0 Å². The van der Waals surface area contributed by atoms with Crippen LogP contribution in [0.4, 0.5) is 0 Å². The second-order valence-corrected chi connectivity index (χ2v) is 6.93. The van der Waals surface area contributed by atoms with Crippen LogP contribution in [0.3, 0.4) is 0 Å². The molecule has 1 aliphatic carbocycles. The Morgan fingerprint density at radius 3 is 2.77 bits per heavy atom. The molecule has 0 aromatic carbocycles. The Bertz CT molecular complexity index is 422. The van der Waals surface area contributed by atoms with Gasteiger partial charge in [0.05, 0.1) is 12.0 Å². The molecular formula is C17H28N2O3. The van der Waals surface area contributed by atoms with E-state index >= 15 is 0 Å². The molecule has 2 heterocycles. The monoisotopic (exact) mass is 308 g/mol. The molecular weight excluding hydrogens is 280 g/mol. The molecule has 124 valence electrons. The van der Waals surface area contributed by atoms with Gasteiger partial charge in [-0.1, -0.05) is 6.92 Å². The molecule has 2 saturated heterocycles. The summed E-state index contributed by atoms with van der Waals surface area (Å²) in [6, 6.07) is 0.432. The first-order chi connectivity index (χ1) is 10.7. The van der Waals surface area contributed by atoms with E-state index in [1.54, 1.807) is 0 Å². The highest BCUT2D eigenvalue weighted by Gasteiger charge is 2.42. The number of hydrogen-bond acceptors (Lipinski definition) is 3. The predicted molar refractivity (Wildman–Crippen MR) is 83.3 cm³/mol. The van der Waals surface area contributed by atoms with Crippen molar-refractivity contribution in [2.75, 3.05) is 26.2 Å². The smallest absolute Gasteiger partial charge is 0.227 e. The Morgan fingerprint density at radius 1 is 1.23 bits per heavy atom. The molecule has 0 spiro atoms. The summed E-state index contributed by atoms with van der Waals surface area (Å²) < 4.78 is 5.84. The third-order valence-corrected chi connectivity index (χ3v) is 5.04. The van der Waals surface area contributed by atoms with Crippen molar-refractivity contribution in [2.24, 2.45) is 5.92 Å². The summed E-state index contributed by atoms with van der Waals surface area (Å²) in [5.41, 5.74) is 0. The van der Waals surface area contributed by atoms with E-state index < -0.39 is 0 Å². The standard InChI is InChI=1S/C17H28N2O3/c1-2-10-22-15-4-3-8-18(9-7-15)17(21)13-11-16(20)19(12-13)14-5-6-14/h13-15H,2-12H2,1H3/t13-,15-/m1/s1. The lowest BCUT2D eigenvalue weighted by molar-refractivity contribution is -0.135. The summed E-state index contributed by atoms with van der Waals surface area (Å²) in [5, 5.41) is 0. The fourth-order valence-electron chi connectivity index (χ4n) is 3.63. The van der Waals surface area contributed by atoms with Gasteiger partial charge in [0.1, 0.15) is 0 Å². The third-order valence-electron chi connectivity index (χ3n) is 5.04. The molecule has 5 heteroatoms. The van der Waals surface area contributed by atoms with Crippen LogP contribution in [0.5, 0.6) is 0 Å². The van der Waals surface area contributed by atoms with Gasteiger partial charge in [-0.05, 0) is 38.5 Å². The van der Waals surface area contributed by atoms with Crippen molar-refractivity contribution in [3.05, 3.63) is 0 Å². The Balaban J connectivity index is 1.51. The zero-order valence-electron chi connectivity index (χ0n) is 13.6. The fraction of sp³-hybridized carbons (Fsp3) is 0.882. The fourth-order valence-corrected chi connectivity index (χ4v) is 3.63. The van der Waals surface area contributed by atoms with E-state index in [0.717, 1.165) is 58.2 Å². The molecule has 3 rings (SSSR count). The first-order valence-corrected chi connectivity index (χ1v) is 8.89. The Kier molecular flexibility index (Phi) is 5.01. The average Bonchev–Trinajstić information content (AvgIpc) is 3.31. The zero-order chi connectivity index (χ0) is 15.5. The van der Waals surface area contributed by atoms with Gasteiger partial charge in [-0.15, -0.1) is 0 Å². The molecule has 0 unspecified atom stereocenters. The van der Waals surface area contributed by atoms with Gasteiger partial charge in [0, 0.05) is 38.7 Å². The van der Waals surface area contributed by atoms with Crippen molar-refractivity contribution < 1.29 is 14.3 Å². The van der Waals surface area contributed by atoms with Gasteiger partial charge in [0.15, 0.2) is 0 Å². The van der Waals surface area contributed by atoms with E-state index in [1.807, 2.05) is 9.80 Å². The normalized spacial score (nSPS) is 29.8. The number of ether oxygens (including phenoxy) is 1. The average molecular weight is 308 g/mol. The summed E-state index contributed by atoms with van der Waals surface area (Å²) in [4.78, 5) is 28.7. The maximum absolute atomic E-state index is 12.7. The van der Waals surface area contributed by atoms with Crippen molar-refractivity contribution in [1.29, 1.82) is 0 Å². The van der Waals surface area contributed by atoms with Gasteiger partial charge in [0.2, 0.25) is 11.8 Å². The number of rotatable bonds is 5. The molecule has 3 fully saturated rings. The molecule has 3 aliphatic rings. The minimum absolute atomic E-state index is 0.110. The summed E-state index contributed by atoms with van der Waals surface area (Å²) in [7, 11) is 0. The molecule has 0 aromatic heterocycles. The summed E-state index contributed by atoms with van der Waals surface area (Å²) in [6.07, 6.45) is 6.97. The van der Waals surface area contributed by atoms with E-state index in [0.29, 0.717) is 25.1 Å². The van der Waals surface area contributed by atoms with Crippen LogP contribution < -0.4 is 0 Å². The van der Waals surface area contributed by atoms with E-state index in [9.17, 15) is 9.59 Å². The van der Waals surface area contributed by atoms with Crippen molar-refractivity contribution in [3.63, 3.8) is 0 Å². The molecule has 5 nitrogen and oxygen atoms in total. The van der Waals surface area contributed by atoms with E-state index in [-0.39, 0.29) is 17.7 Å². The number of likely N-dealkylation sites (tertiary alicyclic amines) is 2. The van der Waals surface area contributed by atoms with Crippen LogP contribution in [0.2, 0.25) is 0 Å². The van der Waals surface area contributed by atoms with Crippen LogP contribution in [-0.4, -0.2) is 60.0 Å². The molecule has 0 bridgehead atoms. The molecule has 22 heavy (non-hydrogen) atoms. The minimum Gasteiger partial charge on any atom is -0.378 e. The molecule has 2 aliphatic heterocycles. The molecule has 1 saturated carbocycles. The maximum Gasteiger partial charge on any atom is 0.227 e. The Morgan fingerprint density at radius 2 is 2.05 bits per heavy atom. The van der Waals surface area contributed by atoms with Crippen molar-refractivity contribution >= 4 is 11.8 Å². The van der Waals surface area contributed by atoms with Gasteiger partial charge in [-0.3, -0.25) is 9.59 Å². The van der Waals surface area contributed by atoms with Crippen LogP contribution in [-0.2, 0) is 14.3 Å². The van der Waals surface area contributed by atoms with E-state index in [4.69, 9.17) is 4.74 Å². The second kappa shape index (κ2) is 6.99. The second-order valence-electron chi connectivity index (χ2n) is 6.93. The quantitative estimate of drug-likeness (QED) is 0.778. The number of nitrogens with zero attached hydrogens (tertiary/aromatic N) is 2. The molecule has 0 radical (unpaired) electrons. The maximum atomic E-state index is 12.7. The lowest BCUT2D eigenvalue weighted by atomic mass is 10.1. The SMILES string of the molecule is CCCO[C@@H]1CCCN(C(=O)[C@@H]2CC(=O)N(C3CC3)C2)CC1. The van der Waals surface area contributed by atoms with Gasteiger partial charge >= 0.3 is 0 Å². The van der Waals surface area contributed by atoms with Crippen LogP contribution >= 0.6 is 0 Å². The predicted octanol–water partition coefficient (Wildman–Crippen LogP) is 1.80. The number of hydrogen-bond donors (Lipinski definition) is 0. The van der Waals surface area contributed by atoms with Gasteiger partial charge < -0.3 is 14.5 Å². The number of carbonyl (C=O) groups excluding carboxylic acids is 2. The Labute approximate surface area is 133 Å². The molecule has 0 aromatic rings. The zero-order valence-corrected chi connectivity index (χ0v) is 13.6. The third kappa shape index (κ3) is 3.62. The van der Waals surface area contributed by atoms with Gasteiger partial charge in [-0.2, -0.15) is 0 Å². The number of amides is 2. The lowest BCUT2D eigenvalue weighted by Gasteiger charge is -2.24. The number of carbonyl (C=O) groups is 2. The van der Waals surface area contributed by atoms with Crippen LogP contribution in [0.25, 0.3) is 0 Å². The summed E-state index contributed by atoms with van der Waals surface area (Å²) in [5.74, 6) is 0.258. The van der Waals surface area contributed by atoms with Crippen molar-refractivity contribution in [3.8, 4) is 0 Å². The first-order valence-electron chi connectivity index (χ1n) is 8.89. The molecule has 2 atom stereocenters. The van der Waals surface area contributed by atoms with Gasteiger partial charge in [-0.25, -0.2) is 0 Å². The van der Waals surface area contributed by atoms with Crippen LogP contribution in [0.1, 0.15) is 51.9 Å². The first kappa shape index (κ1) is 15.8. The highest BCUT2D eigenvalue weighted by Crippen LogP contribution is 2.33. The van der Waals surface area contributed by atoms with Crippen molar-refractivity contribution in [2.45, 2.75) is 64.0 Å². The van der Waals surface area contributed by atoms with Crippen molar-refractivity contribution in [1.82, 2.24) is 9.80 Å². The highest BCUT2D eigenvalue weighted by atomic mass is 16.5. The lowest BCUT2D eigenvalue weighted by Crippen LogP contribution is -2.38. The minimum atomic E-state index is -0.110. The van der Waals surface area contributed by atoms with E-state index in [2.05, 4.69) is 6.92 Å². The van der Waals surface area contributed by atoms with Crippen LogP contribution in [0, 0.1) is 5.92 Å².